The second-order valence-electron chi connectivity index (χ2n) is 18.2. The first-order valence-corrected chi connectivity index (χ1v) is 27.0. The molecule has 0 bridgehead atoms. The predicted octanol–water partition coefficient (Wildman–Crippen LogP) is 17.7. The molecule has 0 spiro atoms. The molecule has 362 valence electrons. The average molecular weight is 871 g/mol. The summed E-state index contributed by atoms with van der Waals surface area (Å²) in [5.41, 5.74) is 0. The van der Waals surface area contributed by atoms with Crippen molar-refractivity contribution in [3.63, 3.8) is 0 Å². The van der Waals surface area contributed by atoms with E-state index in [-0.39, 0.29) is 31.1 Å². The average Bonchev–Trinajstić information content (AvgIpc) is 3.27. The van der Waals surface area contributed by atoms with E-state index < -0.39 is 6.10 Å². The quantitative estimate of drug-likeness (QED) is 0.0262. The Balaban J connectivity index is 4.38. The van der Waals surface area contributed by atoms with Gasteiger partial charge in [-0.05, 0) is 57.8 Å². The summed E-state index contributed by atoms with van der Waals surface area (Å²) in [5, 5.41) is 0. The second-order valence-corrected chi connectivity index (χ2v) is 18.2. The Kier molecular flexibility index (Phi) is 49.3. The molecule has 0 saturated carbocycles. The first-order chi connectivity index (χ1) is 30.5. The number of rotatable bonds is 49. The van der Waals surface area contributed by atoms with Crippen molar-refractivity contribution in [2.45, 2.75) is 290 Å². The minimum Gasteiger partial charge on any atom is -0.462 e. The lowest BCUT2D eigenvalue weighted by Crippen LogP contribution is -2.30. The highest BCUT2D eigenvalue weighted by atomic mass is 16.6. The van der Waals surface area contributed by atoms with Crippen molar-refractivity contribution in [3.05, 3.63) is 36.5 Å². The summed E-state index contributed by atoms with van der Waals surface area (Å²) in [7, 11) is 0. The third kappa shape index (κ3) is 48.7. The molecule has 6 heteroatoms. The van der Waals surface area contributed by atoms with E-state index in [1.807, 2.05) is 0 Å². The van der Waals surface area contributed by atoms with Gasteiger partial charge in [0.2, 0.25) is 0 Å². The normalized spacial score (nSPS) is 12.2. The number of esters is 3. The van der Waals surface area contributed by atoms with Crippen molar-refractivity contribution in [1.82, 2.24) is 0 Å². The zero-order chi connectivity index (χ0) is 45.1. The smallest absolute Gasteiger partial charge is 0.306 e. The van der Waals surface area contributed by atoms with E-state index in [1.54, 1.807) is 0 Å². The fraction of sp³-hybridized carbons (Fsp3) is 0.839. The van der Waals surface area contributed by atoms with Crippen LogP contribution < -0.4 is 0 Å². The summed E-state index contributed by atoms with van der Waals surface area (Å²) >= 11 is 0. The second kappa shape index (κ2) is 51.3. The molecule has 0 radical (unpaired) electrons. The van der Waals surface area contributed by atoms with E-state index in [1.165, 1.54) is 161 Å². The van der Waals surface area contributed by atoms with Crippen molar-refractivity contribution in [1.29, 1.82) is 0 Å². The van der Waals surface area contributed by atoms with Crippen molar-refractivity contribution in [2.24, 2.45) is 0 Å². The maximum atomic E-state index is 12.8. The van der Waals surface area contributed by atoms with Gasteiger partial charge in [0.25, 0.3) is 0 Å². The van der Waals surface area contributed by atoms with Gasteiger partial charge in [0.1, 0.15) is 13.2 Å². The molecular weight excluding hydrogens is 769 g/mol. The molecule has 0 saturated heterocycles. The van der Waals surface area contributed by atoms with Crippen LogP contribution in [0.4, 0.5) is 0 Å². The molecule has 0 rings (SSSR count). The first-order valence-electron chi connectivity index (χ1n) is 27.0. The van der Waals surface area contributed by atoms with E-state index in [4.69, 9.17) is 14.2 Å². The van der Waals surface area contributed by atoms with Crippen LogP contribution in [0.15, 0.2) is 36.5 Å². The van der Waals surface area contributed by atoms with Crippen LogP contribution >= 0.6 is 0 Å². The Labute approximate surface area is 385 Å². The molecule has 6 nitrogen and oxygen atoms in total. The van der Waals surface area contributed by atoms with Crippen LogP contribution in [0.2, 0.25) is 0 Å². The highest BCUT2D eigenvalue weighted by molar-refractivity contribution is 5.71. The summed E-state index contributed by atoms with van der Waals surface area (Å²) in [4.78, 5) is 38.0. The molecule has 0 amide bonds. The molecule has 0 aromatic carbocycles. The number of unbranched alkanes of at least 4 members (excludes halogenated alkanes) is 32. The highest BCUT2D eigenvalue weighted by Crippen LogP contribution is 2.16. The molecule has 0 aliphatic carbocycles. The van der Waals surface area contributed by atoms with E-state index in [9.17, 15) is 14.4 Å². The summed E-state index contributed by atoms with van der Waals surface area (Å²) in [6.07, 6.45) is 59.8. The van der Waals surface area contributed by atoms with Crippen LogP contribution in [0.3, 0.4) is 0 Å². The van der Waals surface area contributed by atoms with Crippen LogP contribution in [0, 0.1) is 0 Å². The third-order valence-electron chi connectivity index (χ3n) is 11.9. The predicted molar refractivity (Wildman–Crippen MR) is 266 cm³/mol. The van der Waals surface area contributed by atoms with Crippen molar-refractivity contribution < 1.29 is 28.6 Å². The van der Waals surface area contributed by atoms with Gasteiger partial charge in [-0.15, -0.1) is 0 Å². The topological polar surface area (TPSA) is 78.9 Å². The lowest BCUT2D eigenvalue weighted by atomic mass is 10.0. The minimum absolute atomic E-state index is 0.0749. The Bertz CT molecular complexity index is 1050. The molecule has 0 unspecified atom stereocenters. The Hall–Kier alpha value is -2.37. The SMILES string of the molecule is CCCCC/C=C\C/C=C\C/C=C\CCCCCCC(=O)OC[C@@H](COC(=O)CCCCCCCCCCCCCCC)OC(=O)CCCCCCCCCCCCCCCC. The molecule has 0 aromatic rings. The van der Waals surface area contributed by atoms with E-state index >= 15 is 0 Å². The molecule has 0 fully saturated rings. The van der Waals surface area contributed by atoms with Gasteiger partial charge in [-0.1, -0.05) is 243 Å². The van der Waals surface area contributed by atoms with Crippen molar-refractivity contribution in [3.8, 4) is 0 Å². The van der Waals surface area contributed by atoms with Gasteiger partial charge < -0.3 is 14.2 Å². The number of carbonyl (C=O) groups excluding carboxylic acids is 3. The Morgan fingerprint density at radius 1 is 0.323 bits per heavy atom. The largest absolute Gasteiger partial charge is 0.462 e. The third-order valence-corrected chi connectivity index (χ3v) is 11.9. The Morgan fingerprint density at radius 3 is 0.935 bits per heavy atom. The van der Waals surface area contributed by atoms with Crippen molar-refractivity contribution in [2.75, 3.05) is 13.2 Å². The standard InChI is InChI=1S/C56H102O6/c1-4-7-10-13-16-19-22-25-27-28-29-32-34-37-40-43-46-49-55(58)61-52-53(51-60-54(57)48-45-42-39-36-33-30-24-21-18-15-12-9-6-3)62-56(59)50-47-44-41-38-35-31-26-23-20-17-14-11-8-5-2/h16,19,25,27,29,32,53H,4-15,17-18,20-24,26,28,30-31,33-52H2,1-3H3/b19-16-,27-25-,32-29-/t53-/m1/s1. The summed E-state index contributed by atoms with van der Waals surface area (Å²) in [6, 6.07) is 0. The first kappa shape index (κ1) is 59.6. The zero-order valence-electron chi connectivity index (χ0n) is 41.4. The van der Waals surface area contributed by atoms with Gasteiger partial charge in [-0.2, -0.15) is 0 Å². The number of hydrogen-bond acceptors (Lipinski definition) is 6. The number of allylic oxidation sites excluding steroid dienone is 6. The van der Waals surface area contributed by atoms with Crippen LogP contribution in [0.5, 0.6) is 0 Å². The fourth-order valence-electron chi connectivity index (χ4n) is 7.80. The van der Waals surface area contributed by atoms with Gasteiger partial charge in [0.15, 0.2) is 6.10 Å². The number of hydrogen-bond donors (Lipinski definition) is 0. The summed E-state index contributed by atoms with van der Waals surface area (Å²) in [6.45, 7) is 6.62. The molecule has 0 N–H and O–H groups in total. The van der Waals surface area contributed by atoms with Crippen LogP contribution in [0.1, 0.15) is 284 Å². The van der Waals surface area contributed by atoms with Gasteiger partial charge in [-0.3, -0.25) is 14.4 Å². The van der Waals surface area contributed by atoms with Crippen LogP contribution in [-0.4, -0.2) is 37.2 Å². The van der Waals surface area contributed by atoms with E-state index in [0.717, 1.165) is 83.5 Å². The van der Waals surface area contributed by atoms with E-state index in [0.29, 0.717) is 19.3 Å². The zero-order valence-corrected chi connectivity index (χ0v) is 41.4. The van der Waals surface area contributed by atoms with Crippen LogP contribution in [0.25, 0.3) is 0 Å². The van der Waals surface area contributed by atoms with Crippen LogP contribution in [-0.2, 0) is 28.6 Å². The van der Waals surface area contributed by atoms with Gasteiger partial charge in [0.05, 0.1) is 0 Å². The molecule has 62 heavy (non-hydrogen) atoms. The Morgan fingerprint density at radius 2 is 0.581 bits per heavy atom. The lowest BCUT2D eigenvalue weighted by Gasteiger charge is -2.18. The highest BCUT2D eigenvalue weighted by Gasteiger charge is 2.19. The van der Waals surface area contributed by atoms with Gasteiger partial charge >= 0.3 is 17.9 Å². The van der Waals surface area contributed by atoms with Gasteiger partial charge in [0, 0.05) is 19.3 Å². The molecular formula is C56H102O6. The number of carbonyl (C=O) groups is 3. The molecule has 0 heterocycles. The maximum absolute atomic E-state index is 12.8. The number of ether oxygens (including phenoxy) is 3. The monoisotopic (exact) mass is 871 g/mol. The molecule has 0 aliphatic heterocycles. The minimum atomic E-state index is -0.776. The van der Waals surface area contributed by atoms with Gasteiger partial charge in [-0.25, -0.2) is 0 Å². The van der Waals surface area contributed by atoms with Crippen molar-refractivity contribution >= 4 is 17.9 Å². The molecule has 0 aliphatic rings. The fourth-order valence-corrected chi connectivity index (χ4v) is 7.80. The summed E-state index contributed by atoms with van der Waals surface area (Å²) < 4.78 is 16.8. The lowest BCUT2D eigenvalue weighted by molar-refractivity contribution is -0.167. The van der Waals surface area contributed by atoms with E-state index in [2.05, 4.69) is 57.2 Å². The molecule has 1 atom stereocenters. The maximum Gasteiger partial charge on any atom is 0.306 e. The summed E-state index contributed by atoms with van der Waals surface area (Å²) in [5.74, 6) is -0.883. The molecule has 0 aromatic heterocycles.